The maximum absolute atomic E-state index is 11.4. The Morgan fingerprint density at radius 3 is 0.955 bits per heavy atom. The van der Waals surface area contributed by atoms with Gasteiger partial charge in [-0.05, 0) is 92.9 Å². The average Bonchev–Trinajstić information content (AvgIpc) is 3.23. The third-order valence-electron chi connectivity index (χ3n) is 13.5. The van der Waals surface area contributed by atoms with E-state index in [1.807, 2.05) is 36.4 Å². The first-order valence-electron chi connectivity index (χ1n) is 24.0. The average molecular weight is 889 g/mol. The number of hydrogen-bond donors (Lipinski definition) is 4. The lowest BCUT2D eigenvalue weighted by molar-refractivity contribution is 0.427. The number of phenolic OH excluding ortho intramolecular Hbond substituents is 4. The molecule has 352 valence electrons. The molecule has 2 atom stereocenters. The second-order valence-corrected chi connectivity index (χ2v) is 23.1. The molecule has 0 saturated heterocycles. The highest BCUT2D eigenvalue weighted by atomic mass is 16.3. The van der Waals surface area contributed by atoms with Crippen molar-refractivity contribution in [2.24, 2.45) is 0 Å². The fourth-order valence-electron chi connectivity index (χ4n) is 9.07. The fourth-order valence-corrected chi connectivity index (χ4v) is 9.07. The number of rotatable bonds is 9. The van der Waals surface area contributed by atoms with Crippen molar-refractivity contribution in [3.05, 3.63) is 187 Å². The molecule has 4 nitrogen and oxygen atoms in total. The molecule has 2 unspecified atom stereocenters. The van der Waals surface area contributed by atoms with Crippen molar-refractivity contribution in [2.45, 2.75) is 170 Å². The lowest BCUT2D eigenvalue weighted by atomic mass is 9.74. The molecular weight excluding hydrogens is 809 g/mol. The highest BCUT2D eigenvalue weighted by Crippen LogP contribution is 2.47. The summed E-state index contributed by atoms with van der Waals surface area (Å²) in [6.45, 7) is 36.6. The van der Waals surface area contributed by atoms with E-state index in [9.17, 15) is 20.4 Å². The predicted molar refractivity (Wildman–Crippen MR) is 280 cm³/mol. The largest absolute Gasteiger partial charge is 0.507 e. The first kappa shape index (κ1) is 51.5. The summed E-state index contributed by atoms with van der Waals surface area (Å²) in [5, 5.41) is 45.2. The molecule has 66 heavy (non-hydrogen) atoms. The van der Waals surface area contributed by atoms with Crippen molar-refractivity contribution in [3.8, 4) is 23.0 Å². The Morgan fingerprint density at radius 1 is 0.364 bits per heavy atom. The summed E-state index contributed by atoms with van der Waals surface area (Å²) in [4.78, 5) is 0. The third kappa shape index (κ3) is 11.9. The summed E-state index contributed by atoms with van der Waals surface area (Å²) in [7, 11) is 0. The van der Waals surface area contributed by atoms with Crippen molar-refractivity contribution in [1.29, 1.82) is 0 Å². The Balaban J connectivity index is 0.000000248. The Kier molecular flexibility index (Phi) is 15.4. The van der Waals surface area contributed by atoms with Crippen LogP contribution in [0.3, 0.4) is 0 Å². The maximum atomic E-state index is 11.4. The Bertz CT molecular complexity index is 2430. The van der Waals surface area contributed by atoms with Gasteiger partial charge in [0.2, 0.25) is 0 Å². The van der Waals surface area contributed by atoms with Crippen LogP contribution in [-0.4, -0.2) is 20.4 Å². The van der Waals surface area contributed by atoms with Crippen LogP contribution in [0, 0.1) is 13.8 Å². The minimum Gasteiger partial charge on any atom is -0.507 e. The van der Waals surface area contributed by atoms with Gasteiger partial charge in [-0.3, -0.25) is 0 Å². The van der Waals surface area contributed by atoms with Gasteiger partial charge in [-0.2, -0.15) is 0 Å². The molecule has 0 spiro atoms. The summed E-state index contributed by atoms with van der Waals surface area (Å²) in [5.74, 6) is 1.48. The van der Waals surface area contributed by atoms with Crippen LogP contribution in [0.5, 0.6) is 23.0 Å². The minimum absolute atomic E-state index is 0.0476. The zero-order valence-corrected chi connectivity index (χ0v) is 43.3. The van der Waals surface area contributed by atoms with E-state index >= 15 is 0 Å². The first-order valence-corrected chi connectivity index (χ1v) is 24.0. The Labute approximate surface area is 398 Å². The van der Waals surface area contributed by atoms with Crippen molar-refractivity contribution >= 4 is 0 Å². The van der Waals surface area contributed by atoms with E-state index in [2.05, 4.69) is 190 Å². The number of benzene rings is 6. The molecule has 4 heteroatoms. The van der Waals surface area contributed by atoms with Crippen LogP contribution in [-0.2, 0) is 34.5 Å². The van der Waals surface area contributed by atoms with Gasteiger partial charge < -0.3 is 20.4 Å². The van der Waals surface area contributed by atoms with E-state index in [-0.39, 0.29) is 39.4 Å². The smallest absolute Gasteiger partial charge is 0.123 e. The van der Waals surface area contributed by atoms with Crippen LogP contribution in [0.1, 0.15) is 199 Å². The van der Waals surface area contributed by atoms with E-state index in [1.54, 1.807) is 0 Å². The Morgan fingerprint density at radius 2 is 0.667 bits per heavy atom. The van der Waals surface area contributed by atoms with Crippen molar-refractivity contribution in [2.75, 3.05) is 0 Å². The molecule has 4 N–H and O–H groups in total. The number of aromatic hydroxyl groups is 4. The molecule has 0 aliphatic carbocycles. The van der Waals surface area contributed by atoms with Crippen LogP contribution >= 0.6 is 0 Å². The molecule has 0 aliphatic heterocycles. The van der Waals surface area contributed by atoms with E-state index in [0.29, 0.717) is 35.8 Å². The van der Waals surface area contributed by atoms with Gasteiger partial charge in [-0.1, -0.05) is 224 Å². The Hall–Kier alpha value is -5.48. The van der Waals surface area contributed by atoms with E-state index in [1.165, 1.54) is 22.3 Å². The monoisotopic (exact) mass is 889 g/mol. The highest BCUT2D eigenvalue weighted by molar-refractivity contribution is 5.58. The summed E-state index contributed by atoms with van der Waals surface area (Å²) in [6, 6.07) is 37.5. The third-order valence-corrected chi connectivity index (χ3v) is 13.5. The molecule has 0 heterocycles. The molecule has 6 aromatic rings. The van der Waals surface area contributed by atoms with E-state index in [4.69, 9.17) is 0 Å². The molecule has 6 rings (SSSR count). The van der Waals surface area contributed by atoms with Gasteiger partial charge in [0.05, 0.1) is 0 Å². The number of aryl methyl sites for hydroxylation is 4. The summed E-state index contributed by atoms with van der Waals surface area (Å²) < 4.78 is 0. The van der Waals surface area contributed by atoms with Crippen LogP contribution in [0.4, 0.5) is 0 Å². The molecule has 0 fully saturated rings. The van der Waals surface area contributed by atoms with E-state index in [0.717, 1.165) is 55.6 Å². The van der Waals surface area contributed by atoms with Crippen LogP contribution < -0.4 is 0 Å². The van der Waals surface area contributed by atoms with Gasteiger partial charge >= 0.3 is 0 Å². The minimum atomic E-state index is -0.189. The molecule has 0 aliphatic rings. The molecular formula is C62H80O4. The molecule has 0 aromatic heterocycles. The summed E-state index contributed by atoms with van der Waals surface area (Å²) in [5.41, 5.74) is 14.0. The van der Waals surface area contributed by atoms with Crippen molar-refractivity contribution in [3.63, 3.8) is 0 Å². The normalized spacial score (nSPS) is 13.3. The van der Waals surface area contributed by atoms with Crippen molar-refractivity contribution < 1.29 is 20.4 Å². The molecule has 0 radical (unpaired) electrons. The van der Waals surface area contributed by atoms with Crippen molar-refractivity contribution in [1.82, 2.24) is 0 Å². The first-order chi connectivity index (χ1) is 30.5. The van der Waals surface area contributed by atoms with Crippen LogP contribution in [0.2, 0.25) is 0 Å². The number of hydrogen-bond acceptors (Lipinski definition) is 4. The van der Waals surface area contributed by atoms with Gasteiger partial charge in [0, 0.05) is 40.0 Å². The van der Waals surface area contributed by atoms with E-state index < -0.39 is 0 Å². The summed E-state index contributed by atoms with van der Waals surface area (Å²) >= 11 is 0. The van der Waals surface area contributed by atoms with Gasteiger partial charge in [0.1, 0.15) is 23.0 Å². The van der Waals surface area contributed by atoms with Gasteiger partial charge in [0.15, 0.2) is 0 Å². The second kappa shape index (κ2) is 19.8. The lowest BCUT2D eigenvalue weighted by Crippen LogP contribution is -2.19. The van der Waals surface area contributed by atoms with Gasteiger partial charge in [0.25, 0.3) is 0 Å². The fraction of sp³-hybridized carbons (Fsp3) is 0.419. The maximum Gasteiger partial charge on any atom is 0.123 e. The van der Waals surface area contributed by atoms with Crippen LogP contribution in [0.15, 0.2) is 109 Å². The highest BCUT2D eigenvalue weighted by Gasteiger charge is 2.31. The quantitative estimate of drug-likeness (QED) is 0.117. The van der Waals surface area contributed by atoms with Crippen LogP contribution in [0.25, 0.3) is 0 Å². The van der Waals surface area contributed by atoms with Gasteiger partial charge in [-0.25, -0.2) is 0 Å². The lowest BCUT2D eigenvalue weighted by Gasteiger charge is -2.31. The summed E-state index contributed by atoms with van der Waals surface area (Å²) in [6.07, 6.45) is 1.33. The second-order valence-electron chi connectivity index (χ2n) is 23.1. The molecule has 6 aromatic carbocycles. The molecule has 0 saturated carbocycles. The topological polar surface area (TPSA) is 80.9 Å². The standard InChI is InChI=1S/C32H34O2.C30H46O2/c1-21-17-27(31(33)29(19-21)23(3)25-11-7-5-8-12-25)15-16-28-18-22(2)20-30(32(28)34)24(4)26-13-9-6-10-14-26;1-18(21-14-19(27(2,3)4)16-23(25(21)31)29(8,9)10)22-15-20(28(5,6)7)17-24(26(22)32)30(11,12)13/h5-14,17-20,23-24,33-34H,15-16H2,1-4H3;14-18,31-32H,1-13H3. The zero-order valence-electron chi connectivity index (χ0n) is 43.3. The molecule has 0 amide bonds. The predicted octanol–water partition coefficient (Wildman–Crippen LogP) is 16.2. The molecule has 0 bridgehead atoms. The zero-order chi connectivity index (χ0) is 49.3. The number of phenols is 4. The SMILES string of the molecule is CC(c1cc(C(C)(C)C)cc(C(C)(C)C)c1O)c1cc(C(C)(C)C)cc(C(C)(C)C)c1O.Cc1cc(CCc2cc(C)cc(C(C)c3ccccc3)c2O)c(O)c(C(C)c2ccccc2)c1. The van der Waals surface area contributed by atoms with Gasteiger partial charge in [-0.15, -0.1) is 0 Å².